The Morgan fingerprint density at radius 1 is 1.18 bits per heavy atom. The summed E-state index contributed by atoms with van der Waals surface area (Å²) in [6, 6.07) is 7.06. The fourth-order valence-corrected chi connectivity index (χ4v) is 2.54. The van der Waals surface area contributed by atoms with Gasteiger partial charge in [-0.05, 0) is 44.4 Å². The molecule has 1 aliphatic rings. The maximum atomic E-state index is 11.9. The summed E-state index contributed by atoms with van der Waals surface area (Å²) in [4.78, 5) is 25.4. The summed E-state index contributed by atoms with van der Waals surface area (Å²) in [5.41, 5.74) is 2.05. The van der Waals surface area contributed by atoms with Crippen LogP contribution in [0, 0.1) is 0 Å². The van der Waals surface area contributed by atoms with Crippen LogP contribution in [0.3, 0.4) is 0 Å². The third-order valence-electron chi connectivity index (χ3n) is 3.81. The van der Waals surface area contributed by atoms with Crippen LogP contribution in [0.5, 0.6) is 0 Å². The van der Waals surface area contributed by atoms with Gasteiger partial charge in [-0.2, -0.15) is 0 Å². The van der Waals surface area contributed by atoms with E-state index in [1.807, 2.05) is 12.1 Å². The minimum atomic E-state index is -0.499. The molecule has 120 valence electrons. The average Bonchev–Trinajstić information content (AvgIpc) is 2.55. The molecule has 0 saturated carbocycles. The molecule has 1 unspecified atom stereocenters. The number of urea groups is 1. The van der Waals surface area contributed by atoms with Crippen molar-refractivity contribution in [1.29, 1.82) is 0 Å². The Morgan fingerprint density at radius 3 is 2.59 bits per heavy atom. The molecule has 1 aromatic rings. The van der Waals surface area contributed by atoms with Crippen molar-refractivity contribution in [2.45, 2.75) is 32.2 Å². The van der Waals surface area contributed by atoms with Crippen LogP contribution < -0.4 is 20.9 Å². The van der Waals surface area contributed by atoms with Gasteiger partial charge in [0, 0.05) is 31.5 Å². The van der Waals surface area contributed by atoms with Crippen LogP contribution in [0.1, 0.15) is 26.2 Å². The molecule has 1 fully saturated rings. The number of hydrogen-bond donors (Lipinski definition) is 3. The number of rotatable bonds is 4. The first kappa shape index (κ1) is 16.1. The van der Waals surface area contributed by atoms with E-state index in [0.29, 0.717) is 0 Å². The maximum Gasteiger partial charge on any atom is 0.321 e. The number of piperidine rings is 1. The first-order chi connectivity index (χ1) is 10.6. The van der Waals surface area contributed by atoms with Crippen molar-refractivity contribution < 1.29 is 9.59 Å². The van der Waals surface area contributed by atoms with E-state index in [-0.39, 0.29) is 5.91 Å². The minimum Gasteiger partial charge on any atom is -0.374 e. The van der Waals surface area contributed by atoms with Crippen molar-refractivity contribution in [2.75, 3.05) is 30.4 Å². The van der Waals surface area contributed by atoms with Crippen molar-refractivity contribution in [3.63, 3.8) is 0 Å². The van der Waals surface area contributed by atoms with Gasteiger partial charge in [0.1, 0.15) is 6.04 Å². The van der Waals surface area contributed by atoms with Crippen LogP contribution in [0.15, 0.2) is 24.3 Å². The van der Waals surface area contributed by atoms with Gasteiger partial charge >= 0.3 is 6.03 Å². The monoisotopic (exact) mass is 304 g/mol. The lowest BCUT2D eigenvalue weighted by Gasteiger charge is -2.29. The van der Waals surface area contributed by atoms with Crippen LogP contribution >= 0.6 is 0 Å². The summed E-state index contributed by atoms with van der Waals surface area (Å²) in [6.07, 6.45) is 3.75. The van der Waals surface area contributed by atoms with Gasteiger partial charge in [0.2, 0.25) is 5.91 Å². The lowest BCUT2D eigenvalue weighted by molar-refractivity contribution is -0.120. The SMILES string of the molecule is CNC(=O)NC(=O)C(C)Nc1cccc(N2CCCCC2)c1. The summed E-state index contributed by atoms with van der Waals surface area (Å²) in [5.74, 6) is -0.359. The van der Waals surface area contributed by atoms with E-state index in [0.717, 1.165) is 18.8 Å². The van der Waals surface area contributed by atoms with Crippen molar-refractivity contribution in [2.24, 2.45) is 0 Å². The normalized spacial score (nSPS) is 15.8. The van der Waals surface area contributed by atoms with Gasteiger partial charge in [0.05, 0.1) is 0 Å². The Morgan fingerprint density at radius 2 is 1.91 bits per heavy atom. The molecule has 2 rings (SSSR count). The topological polar surface area (TPSA) is 73.5 Å². The van der Waals surface area contributed by atoms with Crippen molar-refractivity contribution in [1.82, 2.24) is 10.6 Å². The zero-order valence-corrected chi connectivity index (χ0v) is 13.2. The number of carbonyl (C=O) groups is 2. The first-order valence-electron chi connectivity index (χ1n) is 7.74. The third kappa shape index (κ3) is 4.38. The van der Waals surface area contributed by atoms with Gasteiger partial charge in [0.15, 0.2) is 0 Å². The average molecular weight is 304 g/mol. The van der Waals surface area contributed by atoms with Gasteiger partial charge in [-0.1, -0.05) is 6.07 Å². The molecule has 0 radical (unpaired) electrons. The van der Waals surface area contributed by atoms with Crippen LogP contribution in [0.4, 0.5) is 16.2 Å². The molecular weight excluding hydrogens is 280 g/mol. The lowest BCUT2D eigenvalue weighted by atomic mass is 10.1. The molecule has 0 aliphatic carbocycles. The molecule has 1 aliphatic heterocycles. The minimum absolute atomic E-state index is 0.359. The van der Waals surface area contributed by atoms with Crippen LogP contribution in [-0.4, -0.2) is 38.1 Å². The van der Waals surface area contributed by atoms with E-state index in [4.69, 9.17) is 0 Å². The van der Waals surface area contributed by atoms with Gasteiger partial charge in [-0.3, -0.25) is 10.1 Å². The molecular formula is C16H24N4O2. The number of benzene rings is 1. The highest BCUT2D eigenvalue weighted by atomic mass is 16.2. The van der Waals surface area contributed by atoms with Gasteiger partial charge < -0.3 is 15.5 Å². The second-order valence-electron chi connectivity index (χ2n) is 5.53. The van der Waals surface area contributed by atoms with E-state index in [2.05, 4.69) is 33.0 Å². The number of anilines is 2. The predicted molar refractivity (Wildman–Crippen MR) is 88.2 cm³/mol. The summed E-state index contributed by atoms with van der Waals surface area (Å²) in [6.45, 7) is 3.89. The number of nitrogens with zero attached hydrogens (tertiary/aromatic N) is 1. The van der Waals surface area contributed by atoms with E-state index >= 15 is 0 Å². The van der Waals surface area contributed by atoms with Crippen LogP contribution in [-0.2, 0) is 4.79 Å². The van der Waals surface area contributed by atoms with E-state index in [1.165, 1.54) is 32.0 Å². The van der Waals surface area contributed by atoms with E-state index in [1.54, 1.807) is 6.92 Å². The molecule has 1 saturated heterocycles. The van der Waals surface area contributed by atoms with Gasteiger partial charge in [-0.15, -0.1) is 0 Å². The second-order valence-corrected chi connectivity index (χ2v) is 5.53. The summed E-state index contributed by atoms with van der Waals surface area (Å²) >= 11 is 0. The fourth-order valence-electron chi connectivity index (χ4n) is 2.54. The smallest absolute Gasteiger partial charge is 0.321 e. The Bertz CT molecular complexity index is 527. The largest absolute Gasteiger partial charge is 0.374 e. The molecule has 3 N–H and O–H groups in total. The highest BCUT2D eigenvalue weighted by Gasteiger charge is 2.16. The number of imide groups is 1. The highest BCUT2D eigenvalue weighted by molar-refractivity contribution is 5.97. The molecule has 22 heavy (non-hydrogen) atoms. The summed E-state index contributed by atoms with van der Waals surface area (Å²) in [7, 11) is 1.48. The molecule has 0 spiro atoms. The van der Waals surface area contributed by atoms with Crippen molar-refractivity contribution >= 4 is 23.3 Å². The van der Waals surface area contributed by atoms with E-state index in [9.17, 15) is 9.59 Å². The van der Waals surface area contributed by atoms with Crippen molar-refractivity contribution in [3.05, 3.63) is 24.3 Å². The molecule has 0 bridgehead atoms. The standard InChI is InChI=1S/C16H24N4O2/c1-12(15(21)19-16(22)17-2)18-13-7-6-8-14(11-13)20-9-4-3-5-10-20/h6-8,11-12,18H,3-5,9-10H2,1-2H3,(H2,17,19,21,22). The molecule has 1 atom stereocenters. The number of nitrogens with one attached hydrogen (secondary N) is 3. The van der Waals surface area contributed by atoms with Gasteiger partial charge in [0.25, 0.3) is 0 Å². The Balaban J connectivity index is 1.97. The Hall–Kier alpha value is -2.24. The molecule has 6 heteroatoms. The zero-order chi connectivity index (χ0) is 15.9. The summed E-state index contributed by atoms with van der Waals surface area (Å²) in [5, 5.41) is 7.76. The molecule has 3 amide bonds. The Labute approximate surface area is 131 Å². The first-order valence-corrected chi connectivity index (χ1v) is 7.74. The van der Waals surface area contributed by atoms with Gasteiger partial charge in [-0.25, -0.2) is 4.79 Å². The predicted octanol–water partition coefficient (Wildman–Crippen LogP) is 1.93. The fraction of sp³-hybridized carbons (Fsp3) is 0.500. The summed E-state index contributed by atoms with van der Waals surface area (Å²) < 4.78 is 0. The Kier molecular flexibility index (Phi) is 5.63. The molecule has 6 nitrogen and oxygen atoms in total. The molecule has 1 heterocycles. The second kappa shape index (κ2) is 7.68. The quantitative estimate of drug-likeness (QED) is 0.795. The lowest BCUT2D eigenvalue weighted by Crippen LogP contribution is -2.44. The molecule has 1 aromatic carbocycles. The van der Waals surface area contributed by atoms with E-state index < -0.39 is 12.1 Å². The van der Waals surface area contributed by atoms with Crippen LogP contribution in [0.25, 0.3) is 0 Å². The third-order valence-corrected chi connectivity index (χ3v) is 3.81. The zero-order valence-electron chi connectivity index (χ0n) is 13.2. The van der Waals surface area contributed by atoms with Crippen LogP contribution in [0.2, 0.25) is 0 Å². The number of hydrogen-bond acceptors (Lipinski definition) is 4. The number of carbonyl (C=O) groups excluding carboxylic acids is 2. The highest BCUT2D eigenvalue weighted by Crippen LogP contribution is 2.23. The molecule has 0 aromatic heterocycles. The number of amides is 3. The van der Waals surface area contributed by atoms with Crippen molar-refractivity contribution in [3.8, 4) is 0 Å². The maximum absolute atomic E-state index is 11.9.